The highest BCUT2D eigenvalue weighted by molar-refractivity contribution is 7.99. The van der Waals surface area contributed by atoms with Gasteiger partial charge >= 0.3 is 0 Å². The third-order valence-electron chi connectivity index (χ3n) is 4.19. The zero-order chi connectivity index (χ0) is 18.4. The fourth-order valence-electron chi connectivity index (χ4n) is 2.90. The minimum atomic E-state index is -0.0668. The summed E-state index contributed by atoms with van der Waals surface area (Å²) < 4.78 is 5.01. The molecule has 1 N–H and O–H groups in total. The third kappa shape index (κ3) is 4.34. The topological polar surface area (TPSA) is 50.7 Å². The van der Waals surface area contributed by atoms with Gasteiger partial charge in [0.1, 0.15) is 0 Å². The van der Waals surface area contributed by atoms with E-state index in [0.29, 0.717) is 18.7 Å². The number of amides is 1. The van der Waals surface area contributed by atoms with E-state index in [2.05, 4.69) is 36.5 Å². The van der Waals surface area contributed by atoms with Crippen LogP contribution >= 0.6 is 11.8 Å². The minimum absolute atomic E-state index is 0.0668. The highest BCUT2D eigenvalue weighted by Crippen LogP contribution is 2.41. The number of fused-ring (bicyclic) bond motifs is 2. The molecule has 0 atom stereocenters. The normalized spacial score (nSPS) is 12.6. The molecule has 0 saturated carbocycles. The molecule has 0 radical (unpaired) electrons. The molecule has 5 heteroatoms. The summed E-state index contributed by atoms with van der Waals surface area (Å²) in [4.78, 5) is 19.6. The first-order valence-electron chi connectivity index (χ1n) is 8.99. The molecule has 136 valence electrons. The molecule has 1 heterocycles. The Balaban J connectivity index is 1.88. The Morgan fingerprint density at radius 3 is 2.85 bits per heavy atom. The molecule has 1 aliphatic heterocycles. The number of carbonyl (C=O) groups is 1. The van der Waals surface area contributed by atoms with Gasteiger partial charge in [0, 0.05) is 46.9 Å². The molecule has 1 amide bonds. The van der Waals surface area contributed by atoms with E-state index < -0.39 is 0 Å². The van der Waals surface area contributed by atoms with Crippen LogP contribution in [0.1, 0.15) is 42.1 Å². The van der Waals surface area contributed by atoms with E-state index in [9.17, 15) is 4.79 Å². The van der Waals surface area contributed by atoms with Crippen molar-refractivity contribution in [3.8, 4) is 0 Å². The standard InChI is InChI=1S/C21H24N2O2S/c1-3-7-17-16-8-4-5-9-19(16)26-20-11-10-15(14-18(20)23-17)21(24)22-12-6-13-25-2/h4-5,8-11,14H,3,6-7,12-13H2,1-2H3,(H,22,24). The van der Waals surface area contributed by atoms with Crippen LogP contribution in [0.4, 0.5) is 5.69 Å². The second kappa shape index (κ2) is 9.01. The Bertz CT molecular complexity index is 817. The fourth-order valence-corrected chi connectivity index (χ4v) is 3.92. The molecule has 3 rings (SSSR count). The van der Waals surface area contributed by atoms with Gasteiger partial charge in [0.05, 0.1) is 5.69 Å². The predicted octanol–water partition coefficient (Wildman–Crippen LogP) is 4.84. The Labute approximate surface area is 159 Å². The summed E-state index contributed by atoms with van der Waals surface area (Å²) in [5.74, 6) is -0.0668. The van der Waals surface area contributed by atoms with Crippen molar-refractivity contribution in [2.75, 3.05) is 20.3 Å². The third-order valence-corrected chi connectivity index (χ3v) is 5.33. The quantitative estimate of drug-likeness (QED) is 0.712. The summed E-state index contributed by atoms with van der Waals surface area (Å²) in [5, 5.41) is 2.94. The van der Waals surface area contributed by atoms with Crippen LogP contribution in [0.3, 0.4) is 0 Å². The van der Waals surface area contributed by atoms with Gasteiger partial charge in [0.2, 0.25) is 0 Å². The fraction of sp³-hybridized carbons (Fsp3) is 0.333. The summed E-state index contributed by atoms with van der Waals surface area (Å²) in [6, 6.07) is 14.2. The van der Waals surface area contributed by atoms with Gasteiger partial charge in [-0.2, -0.15) is 0 Å². The van der Waals surface area contributed by atoms with E-state index >= 15 is 0 Å². The lowest BCUT2D eigenvalue weighted by Crippen LogP contribution is -2.25. The van der Waals surface area contributed by atoms with Crippen molar-refractivity contribution in [1.82, 2.24) is 5.32 Å². The van der Waals surface area contributed by atoms with E-state index in [-0.39, 0.29) is 5.91 Å². The molecule has 0 bridgehead atoms. The van der Waals surface area contributed by atoms with Crippen molar-refractivity contribution in [2.45, 2.75) is 36.0 Å². The number of carbonyl (C=O) groups excluding carboxylic acids is 1. The molecular weight excluding hydrogens is 344 g/mol. The van der Waals surface area contributed by atoms with Crippen molar-refractivity contribution in [3.05, 3.63) is 53.6 Å². The first-order valence-corrected chi connectivity index (χ1v) is 9.80. The van der Waals surface area contributed by atoms with Crippen LogP contribution in [0.2, 0.25) is 0 Å². The number of benzene rings is 2. The van der Waals surface area contributed by atoms with Gasteiger partial charge in [-0.1, -0.05) is 43.3 Å². The second-order valence-corrected chi connectivity index (χ2v) is 7.28. The molecule has 26 heavy (non-hydrogen) atoms. The molecule has 2 aromatic rings. The molecule has 4 nitrogen and oxygen atoms in total. The number of nitrogens with one attached hydrogen (secondary N) is 1. The van der Waals surface area contributed by atoms with Gasteiger partial charge in [0.15, 0.2) is 0 Å². The zero-order valence-electron chi connectivity index (χ0n) is 15.2. The molecule has 0 aromatic heterocycles. The van der Waals surface area contributed by atoms with Crippen molar-refractivity contribution < 1.29 is 9.53 Å². The number of hydrogen-bond acceptors (Lipinski definition) is 4. The molecule has 0 spiro atoms. The lowest BCUT2D eigenvalue weighted by atomic mass is 10.1. The van der Waals surface area contributed by atoms with Crippen molar-refractivity contribution in [3.63, 3.8) is 0 Å². The number of aliphatic imine (C=N–C) groups is 1. The average Bonchev–Trinajstić information content (AvgIpc) is 2.81. The Hall–Kier alpha value is -2.11. The van der Waals surface area contributed by atoms with Gasteiger partial charge < -0.3 is 10.1 Å². The van der Waals surface area contributed by atoms with E-state index in [0.717, 1.165) is 35.6 Å². The number of methoxy groups -OCH3 is 1. The van der Waals surface area contributed by atoms with Crippen LogP contribution in [0.15, 0.2) is 57.2 Å². The lowest BCUT2D eigenvalue weighted by Gasteiger charge is -2.08. The van der Waals surface area contributed by atoms with Crippen LogP contribution in [0.5, 0.6) is 0 Å². The lowest BCUT2D eigenvalue weighted by molar-refractivity contribution is 0.0948. The Morgan fingerprint density at radius 1 is 1.19 bits per heavy atom. The van der Waals surface area contributed by atoms with Crippen LogP contribution in [-0.2, 0) is 4.74 Å². The number of rotatable bonds is 7. The molecule has 0 unspecified atom stereocenters. The van der Waals surface area contributed by atoms with Gasteiger partial charge in [-0.3, -0.25) is 9.79 Å². The van der Waals surface area contributed by atoms with Crippen LogP contribution in [0, 0.1) is 0 Å². The summed E-state index contributed by atoms with van der Waals surface area (Å²) in [7, 11) is 1.66. The number of ether oxygens (including phenoxy) is 1. The Kier molecular flexibility index (Phi) is 6.47. The van der Waals surface area contributed by atoms with Crippen LogP contribution in [-0.4, -0.2) is 31.9 Å². The number of nitrogens with zero attached hydrogens (tertiary/aromatic N) is 1. The van der Waals surface area contributed by atoms with Crippen LogP contribution < -0.4 is 5.32 Å². The van der Waals surface area contributed by atoms with E-state index in [1.165, 1.54) is 10.5 Å². The Morgan fingerprint density at radius 2 is 2.04 bits per heavy atom. The second-order valence-electron chi connectivity index (χ2n) is 6.19. The monoisotopic (exact) mass is 368 g/mol. The SMILES string of the molecule is CCCC1=Nc2cc(C(=O)NCCCOC)ccc2Sc2ccccc21. The maximum Gasteiger partial charge on any atom is 0.251 e. The van der Waals surface area contributed by atoms with Crippen molar-refractivity contribution in [1.29, 1.82) is 0 Å². The average molecular weight is 369 g/mol. The summed E-state index contributed by atoms with van der Waals surface area (Å²) >= 11 is 1.71. The molecule has 0 saturated heterocycles. The predicted molar refractivity (Wildman–Crippen MR) is 107 cm³/mol. The van der Waals surface area contributed by atoms with Crippen LogP contribution in [0.25, 0.3) is 0 Å². The first-order chi connectivity index (χ1) is 12.7. The van der Waals surface area contributed by atoms with Gasteiger partial charge in [-0.15, -0.1) is 0 Å². The van der Waals surface area contributed by atoms with Gasteiger partial charge in [0.25, 0.3) is 5.91 Å². The minimum Gasteiger partial charge on any atom is -0.385 e. The number of hydrogen-bond donors (Lipinski definition) is 1. The van der Waals surface area contributed by atoms with E-state index in [1.807, 2.05) is 18.2 Å². The largest absolute Gasteiger partial charge is 0.385 e. The smallest absolute Gasteiger partial charge is 0.251 e. The maximum absolute atomic E-state index is 12.4. The molecule has 0 fully saturated rings. The molecule has 1 aliphatic rings. The highest BCUT2D eigenvalue weighted by Gasteiger charge is 2.18. The van der Waals surface area contributed by atoms with Gasteiger partial charge in [-0.25, -0.2) is 0 Å². The van der Waals surface area contributed by atoms with E-state index in [4.69, 9.17) is 9.73 Å². The van der Waals surface area contributed by atoms with E-state index in [1.54, 1.807) is 18.9 Å². The van der Waals surface area contributed by atoms with Gasteiger partial charge in [-0.05, 0) is 37.1 Å². The summed E-state index contributed by atoms with van der Waals surface area (Å²) in [6.45, 7) is 3.41. The molecule has 0 aliphatic carbocycles. The summed E-state index contributed by atoms with van der Waals surface area (Å²) in [6.07, 6.45) is 2.76. The highest BCUT2D eigenvalue weighted by atomic mass is 32.2. The first kappa shape index (κ1) is 18.7. The molecular formula is C21H24N2O2S. The zero-order valence-corrected chi connectivity index (χ0v) is 16.1. The summed E-state index contributed by atoms with van der Waals surface area (Å²) in [5.41, 5.74) is 3.81. The van der Waals surface area contributed by atoms with Crippen molar-refractivity contribution in [2.24, 2.45) is 4.99 Å². The van der Waals surface area contributed by atoms with Crippen molar-refractivity contribution >= 4 is 29.1 Å². The maximum atomic E-state index is 12.4. The molecule has 2 aromatic carbocycles.